The van der Waals surface area contributed by atoms with Gasteiger partial charge in [-0.3, -0.25) is 9.59 Å². The van der Waals surface area contributed by atoms with E-state index in [1.54, 1.807) is 6.08 Å². The van der Waals surface area contributed by atoms with Crippen LogP contribution >= 0.6 is 11.8 Å². The highest BCUT2D eigenvalue weighted by Crippen LogP contribution is 2.22. The van der Waals surface area contributed by atoms with Gasteiger partial charge in [-0.2, -0.15) is 4.99 Å². The van der Waals surface area contributed by atoms with E-state index in [1.165, 1.54) is 11.8 Å². The van der Waals surface area contributed by atoms with E-state index in [1.807, 2.05) is 38.1 Å². The SMILES string of the molecule is CCn1c(C)cc(C(=O)CSC2=NC(=O)C3C=CC=CC3=N2)c1C. The van der Waals surface area contributed by atoms with E-state index in [9.17, 15) is 9.59 Å². The molecule has 0 aromatic carbocycles. The van der Waals surface area contributed by atoms with Gasteiger partial charge in [0.05, 0.1) is 11.5 Å². The number of aliphatic imine (C=N–C) groups is 2. The summed E-state index contributed by atoms with van der Waals surface area (Å²) in [7, 11) is 0. The molecule has 1 aromatic rings. The second-order valence-electron chi connectivity index (χ2n) is 5.73. The van der Waals surface area contributed by atoms with Gasteiger partial charge in [0.15, 0.2) is 11.0 Å². The molecule has 124 valence electrons. The molecule has 1 amide bonds. The van der Waals surface area contributed by atoms with Crippen LogP contribution in [-0.4, -0.2) is 32.9 Å². The maximum atomic E-state index is 12.5. The zero-order valence-electron chi connectivity index (χ0n) is 13.9. The summed E-state index contributed by atoms with van der Waals surface area (Å²) in [6.07, 6.45) is 7.27. The number of hydrogen-bond donors (Lipinski definition) is 0. The number of ketones is 1. The van der Waals surface area contributed by atoms with E-state index in [4.69, 9.17) is 0 Å². The minimum absolute atomic E-state index is 0.0318. The maximum absolute atomic E-state index is 12.5. The normalized spacial score (nSPS) is 19.1. The number of carbonyl (C=O) groups excluding carboxylic acids is 2. The molecule has 1 aliphatic carbocycles. The summed E-state index contributed by atoms with van der Waals surface area (Å²) in [5.74, 6) is -0.344. The number of amides is 1. The van der Waals surface area contributed by atoms with Gasteiger partial charge in [0, 0.05) is 23.5 Å². The monoisotopic (exact) mass is 341 g/mol. The molecule has 0 saturated heterocycles. The number of hydrogen-bond acceptors (Lipinski definition) is 4. The summed E-state index contributed by atoms with van der Waals surface area (Å²) in [4.78, 5) is 32.9. The largest absolute Gasteiger partial charge is 0.349 e. The molecule has 0 spiro atoms. The first kappa shape index (κ1) is 16.6. The van der Waals surface area contributed by atoms with E-state index < -0.39 is 0 Å². The van der Waals surface area contributed by atoms with Gasteiger partial charge >= 0.3 is 0 Å². The molecule has 6 heteroatoms. The number of aromatic nitrogens is 1. The summed E-state index contributed by atoms with van der Waals surface area (Å²) in [5.41, 5.74) is 3.48. The molecule has 2 aliphatic rings. The molecule has 0 N–H and O–H groups in total. The number of carbonyl (C=O) groups is 2. The Labute approximate surface area is 145 Å². The number of thioether (sulfide) groups is 1. The highest BCUT2D eigenvalue weighted by Gasteiger charge is 2.26. The third kappa shape index (κ3) is 3.06. The molecule has 5 nitrogen and oxygen atoms in total. The average molecular weight is 341 g/mol. The van der Waals surface area contributed by atoms with Gasteiger partial charge in [0.1, 0.15) is 5.92 Å². The predicted molar refractivity (Wildman–Crippen MR) is 98.0 cm³/mol. The smallest absolute Gasteiger partial charge is 0.261 e. The second-order valence-corrected chi connectivity index (χ2v) is 6.67. The topological polar surface area (TPSA) is 63.8 Å². The van der Waals surface area contributed by atoms with Crippen molar-refractivity contribution < 1.29 is 9.59 Å². The first-order chi connectivity index (χ1) is 11.5. The highest BCUT2D eigenvalue weighted by atomic mass is 32.2. The fraction of sp³-hybridized carbons (Fsp3) is 0.333. The molecule has 0 saturated carbocycles. The van der Waals surface area contributed by atoms with Gasteiger partial charge in [-0.25, -0.2) is 4.99 Å². The molecule has 0 fully saturated rings. The van der Waals surface area contributed by atoms with Crippen molar-refractivity contribution in [2.45, 2.75) is 27.3 Å². The van der Waals surface area contributed by atoms with Crippen molar-refractivity contribution in [2.75, 3.05) is 5.75 Å². The van der Waals surface area contributed by atoms with Crippen LogP contribution in [0.2, 0.25) is 0 Å². The summed E-state index contributed by atoms with van der Waals surface area (Å²) < 4.78 is 2.11. The number of allylic oxidation sites excluding steroid dienone is 3. The molecular weight excluding hydrogens is 322 g/mol. The van der Waals surface area contributed by atoms with Crippen LogP contribution in [0.15, 0.2) is 40.4 Å². The van der Waals surface area contributed by atoms with Crippen molar-refractivity contribution in [1.82, 2.24) is 4.57 Å². The van der Waals surface area contributed by atoms with Gasteiger partial charge in [-0.15, -0.1) is 0 Å². The third-order valence-corrected chi connectivity index (χ3v) is 5.07. The number of aryl methyl sites for hydroxylation is 1. The standard InChI is InChI=1S/C18H19N3O2S/c1-4-21-11(2)9-14(12(21)3)16(22)10-24-18-19-15-8-6-5-7-13(15)17(23)20-18/h5-9,13H,4,10H2,1-3H3. The van der Waals surface area contributed by atoms with Crippen molar-refractivity contribution in [3.8, 4) is 0 Å². The molecular formula is C18H19N3O2S. The van der Waals surface area contributed by atoms with Crippen molar-refractivity contribution >= 4 is 34.3 Å². The van der Waals surface area contributed by atoms with Gasteiger partial charge in [0.25, 0.3) is 5.91 Å². The van der Waals surface area contributed by atoms with Crippen molar-refractivity contribution in [3.63, 3.8) is 0 Å². The second kappa shape index (κ2) is 6.73. The molecule has 1 aliphatic heterocycles. The lowest BCUT2D eigenvalue weighted by atomic mass is 9.97. The Morgan fingerprint density at radius 3 is 2.79 bits per heavy atom. The van der Waals surface area contributed by atoms with Crippen LogP contribution in [0, 0.1) is 19.8 Å². The van der Waals surface area contributed by atoms with Crippen LogP contribution in [0.25, 0.3) is 0 Å². The zero-order valence-corrected chi connectivity index (χ0v) is 14.8. The summed E-state index contributed by atoms with van der Waals surface area (Å²) in [6, 6.07) is 1.92. The molecule has 2 heterocycles. The number of Topliss-reactive ketones (excluding diaryl/α,β-unsaturated/α-hetero) is 1. The van der Waals surface area contributed by atoms with Crippen molar-refractivity contribution in [1.29, 1.82) is 0 Å². The van der Waals surface area contributed by atoms with E-state index in [0.717, 1.165) is 23.5 Å². The maximum Gasteiger partial charge on any atom is 0.261 e. The molecule has 1 aromatic heterocycles. The molecule has 0 bridgehead atoms. The molecule has 0 radical (unpaired) electrons. The van der Waals surface area contributed by atoms with E-state index in [-0.39, 0.29) is 23.4 Å². The molecule has 1 atom stereocenters. The minimum atomic E-state index is -0.376. The lowest BCUT2D eigenvalue weighted by Gasteiger charge is -2.16. The fourth-order valence-electron chi connectivity index (χ4n) is 2.99. The quantitative estimate of drug-likeness (QED) is 0.791. The van der Waals surface area contributed by atoms with Crippen LogP contribution < -0.4 is 0 Å². The minimum Gasteiger partial charge on any atom is -0.349 e. The van der Waals surface area contributed by atoms with Gasteiger partial charge in [0.2, 0.25) is 0 Å². The Hall–Kier alpha value is -2.21. The molecule has 24 heavy (non-hydrogen) atoms. The van der Waals surface area contributed by atoms with Crippen molar-refractivity contribution in [2.24, 2.45) is 15.9 Å². The Kier molecular flexibility index (Phi) is 4.66. The predicted octanol–water partition coefficient (Wildman–Crippen LogP) is 3.12. The summed E-state index contributed by atoms with van der Waals surface area (Å²) >= 11 is 1.22. The van der Waals surface area contributed by atoms with Crippen LogP contribution in [-0.2, 0) is 11.3 Å². The average Bonchev–Trinajstić information content (AvgIpc) is 2.86. The Balaban J connectivity index is 1.71. The lowest BCUT2D eigenvalue weighted by Crippen LogP contribution is -2.26. The summed E-state index contributed by atoms with van der Waals surface area (Å²) in [6.45, 7) is 6.86. The van der Waals surface area contributed by atoms with Crippen LogP contribution in [0.5, 0.6) is 0 Å². The van der Waals surface area contributed by atoms with Crippen LogP contribution in [0.4, 0.5) is 0 Å². The zero-order chi connectivity index (χ0) is 17.3. The molecule has 3 rings (SSSR count). The van der Waals surface area contributed by atoms with Gasteiger partial charge in [-0.1, -0.05) is 30.0 Å². The number of amidine groups is 1. The Morgan fingerprint density at radius 1 is 1.29 bits per heavy atom. The number of rotatable bonds is 4. The van der Waals surface area contributed by atoms with Crippen LogP contribution in [0.3, 0.4) is 0 Å². The number of fused-ring (bicyclic) bond motifs is 1. The highest BCUT2D eigenvalue weighted by molar-refractivity contribution is 8.14. The lowest BCUT2D eigenvalue weighted by molar-refractivity contribution is -0.118. The first-order valence-corrected chi connectivity index (χ1v) is 8.88. The fourth-order valence-corrected chi connectivity index (χ4v) is 3.73. The third-order valence-electron chi connectivity index (χ3n) is 4.22. The Morgan fingerprint density at radius 2 is 2.08 bits per heavy atom. The first-order valence-electron chi connectivity index (χ1n) is 7.90. The Bertz CT molecular complexity index is 828. The van der Waals surface area contributed by atoms with Gasteiger partial charge < -0.3 is 4.57 Å². The van der Waals surface area contributed by atoms with E-state index in [0.29, 0.717) is 10.9 Å². The molecule has 1 unspecified atom stereocenters. The van der Waals surface area contributed by atoms with E-state index in [2.05, 4.69) is 21.5 Å². The van der Waals surface area contributed by atoms with Crippen molar-refractivity contribution in [3.05, 3.63) is 47.3 Å². The summed E-state index contributed by atoms with van der Waals surface area (Å²) in [5, 5.41) is 0.365. The number of nitrogens with zero attached hydrogens (tertiary/aromatic N) is 3. The van der Waals surface area contributed by atoms with Gasteiger partial charge in [-0.05, 0) is 32.9 Å². The van der Waals surface area contributed by atoms with E-state index >= 15 is 0 Å². The van der Waals surface area contributed by atoms with Crippen LogP contribution in [0.1, 0.15) is 28.7 Å².